The van der Waals surface area contributed by atoms with Gasteiger partial charge >= 0.3 is 0 Å². The van der Waals surface area contributed by atoms with Crippen LogP contribution in [-0.4, -0.2) is 0 Å². The highest BCUT2D eigenvalue weighted by molar-refractivity contribution is 9.11. The van der Waals surface area contributed by atoms with Gasteiger partial charge in [0.15, 0.2) is 0 Å². The average Bonchev–Trinajstić information content (AvgIpc) is 1.85. The van der Waals surface area contributed by atoms with Crippen molar-refractivity contribution in [2.75, 3.05) is 0 Å². The molecule has 0 aliphatic rings. The molecule has 0 heterocycles. The molecular weight excluding hydrogens is 176 g/mol. The number of allylic oxidation sites excluding steroid dienone is 4. The average molecular weight is 189 g/mol. The molecule has 0 N–H and O–H groups in total. The molecule has 0 bridgehead atoms. The molecule has 0 aliphatic heterocycles. The normalized spacial score (nSPS) is 13.0. The Balaban J connectivity index is 3.49. The second-order valence-electron chi connectivity index (χ2n) is 1.83. The van der Waals surface area contributed by atoms with E-state index in [1.807, 2.05) is 6.92 Å². The van der Waals surface area contributed by atoms with Gasteiger partial charge in [-0.2, -0.15) is 0 Å². The van der Waals surface area contributed by atoms with Crippen LogP contribution in [0.1, 0.15) is 26.7 Å². The molecule has 9 heavy (non-hydrogen) atoms. The Bertz CT molecular complexity index is 112. The van der Waals surface area contributed by atoms with Crippen LogP contribution in [0.15, 0.2) is 22.7 Å². The molecule has 0 aromatic rings. The van der Waals surface area contributed by atoms with Crippen LogP contribution in [0.25, 0.3) is 0 Å². The van der Waals surface area contributed by atoms with Gasteiger partial charge in [-0.15, -0.1) is 0 Å². The Labute approximate surface area is 65.8 Å². The predicted octanol–water partition coefficient (Wildman–Crippen LogP) is 3.64. The molecule has 52 valence electrons. The lowest BCUT2D eigenvalue weighted by Crippen LogP contribution is -1.66. The van der Waals surface area contributed by atoms with Crippen LogP contribution in [-0.2, 0) is 0 Å². The van der Waals surface area contributed by atoms with E-state index in [1.165, 1.54) is 4.48 Å². The number of halogens is 1. The lowest BCUT2D eigenvalue weighted by Gasteiger charge is -1.88. The van der Waals surface area contributed by atoms with E-state index < -0.39 is 0 Å². The topological polar surface area (TPSA) is 0 Å². The van der Waals surface area contributed by atoms with Crippen molar-refractivity contribution < 1.29 is 0 Å². The van der Waals surface area contributed by atoms with Gasteiger partial charge in [0.2, 0.25) is 0 Å². The molecule has 0 amide bonds. The van der Waals surface area contributed by atoms with Crippen LogP contribution < -0.4 is 0 Å². The molecule has 0 radical (unpaired) electrons. The lowest BCUT2D eigenvalue weighted by atomic mass is 10.3. The fourth-order valence-electron chi connectivity index (χ4n) is 0.535. The Morgan fingerprint density at radius 3 is 2.67 bits per heavy atom. The monoisotopic (exact) mass is 188 g/mol. The smallest absolute Gasteiger partial charge is 0.00343 e. The third-order valence-corrected chi connectivity index (χ3v) is 1.62. The molecule has 0 aliphatic carbocycles. The Morgan fingerprint density at radius 1 is 1.56 bits per heavy atom. The van der Waals surface area contributed by atoms with Gasteiger partial charge in [-0.3, -0.25) is 0 Å². The van der Waals surface area contributed by atoms with E-state index in [-0.39, 0.29) is 0 Å². The highest BCUT2D eigenvalue weighted by Crippen LogP contribution is 2.11. The van der Waals surface area contributed by atoms with Gasteiger partial charge in [-0.1, -0.05) is 41.1 Å². The van der Waals surface area contributed by atoms with E-state index in [2.05, 4.69) is 41.1 Å². The largest absolute Gasteiger partial charge is 0.0913 e. The molecule has 1 heteroatoms. The molecule has 0 unspecified atom stereocenters. The zero-order valence-corrected chi connectivity index (χ0v) is 7.61. The molecule has 0 fully saturated rings. The first-order valence-electron chi connectivity index (χ1n) is 3.27. The third-order valence-electron chi connectivity index (χ3n) is 0.974. The van der Waals surface area contributed by atoms with E-state index in [0.717, 1.165) is 12.8 Å². The van der Waals surface area contributed by atoms with Crippen LogP contribution in [0.4, 0.5) is 0 Å². The maximum atomic E-state index is 3.45. The fraction of sp³-hybridized carbons (Fsp3) is 0.500. The first kappa shape index (κ1) is 8.96. The minimum atomic E-state index is 1.03. The third kappa shape index (κ3) is 5.84. The number of hydrogen-bond donors (Lipinski definition) is 0. The zero-order valence-electron chi connectivity index (χ0n) is 6.02. The molecule has 0 aromatic heterocycles. The lowest BCUT2D eigenvalue weighted by molar-refractivity contribution is 1.19. The first-order valence-corrected chi connectivity index (χ1v) is 4.06. The summed E-state index contributed by atoms with van der Waals surface area (Å²) in [6.07, 6.45) is 8.52. The van der Waals surface area contributed by atoms with E-state index >= 15 is 0 Å². The van der Waals surface area contributed by atoms with Gasteiger partial charge in [0.1, 0.15) is 0 Å². The molecule has 0 rings (SSSR count). The summed E-state index contributed by atoms with van der Waals surface area (Å²) < 4.78 is 1.28. The Hall–Kier alpha value is -0.0400. The summed E-state index contributed by atoms with van der Waals surface area (Å²) in [5.41, 5.74) is 0. The van der Waals surface area contributed by atoms with Gasteiger partial charge < -0.3 is 0 Å². The van der Waals surface area contributed by atoms with Crippen LogP contribution in [0.5, 0.6) is 0 Å². The Kier molecular flexibility index (Phi) is 6.06. The highest BCUT2D eigenvalue weighted by atomic mass is 79.9. The van der Waals surface area contributed by atoms with Crippen molar-refractivity contribution in [1.29, 1.82) is 0 Å². The van der Waals surface area contributed by atoms with Crippen molar-refractivity contribution in [3.8, 4) is 0 Å². The summed E-state index contributed by atoms with van der Waals surface area (Å²) in [6, 6.07) is 0. The zero-order chi connectivity index (χ0) is 7.11. The summed E-state index contributed by atoms with van der Waals surface area (Å²) >= 11 is 3.45. The first-order chi connectivity index (χ1) is 4.31. The van der Waals surface area contributed by atoms with Crippen molar-refractivity contribution in [2.24, 2.45) is 0 Å². The maximum absolute atomic E-state index is 3.45. The van der Waals surface area contributed by atoms with Gasteiger partial charge in [0, 0.05) is 0 Å². The van der Waals surface area contributed by atoms with Crippen LogP contribution in [0.3, 0.4) is 0 Å². The number of rotatable bonds is 3. The number of hydrogen-bond acceptors (Lipinski definition) is 0. The van der Waals surface area contributed by atoms with Crippen molar-refractivity contribution in [2.45, 2.75) is 26.7 Å². The van der Waals surface area contributed by atoms with Gasteiger partial charge in [0.25, 0.3) is 0 Å². The molecule has 0 atom stereocenters. The molecule has 0 saturated carbocycles. The highest BCUT2D eigenvalue weighted by Gasteiger charge is 1.82. The van der Waals surface area contributed by atoms with Crippen molar-refractivity contribution in [1.82, 2.24) is 0 Å². The van der Waals surface area contributed by atoms with E-state index in [9.17, 15) is 0 Å². The molecule has 0 aromatic carbocycles. The second-order valence-corrected chi connectivity index (χ2v) is 2.85. The van der Waals surface area contributed by atoms with E-state index in [1.54, 1.807) is 0 Å². The minimum Gasteiger partial charge on any atom is -0.0913 e. The predicted molar refractivity (Wildman–Crippen MR) is 46.7 cm³/mol. The Morgan fingerprint density at radius 2 is 2.22 bits per heavy atom. The molecule has 0 saturated heterocycles. The standard InChI is InChI=1S/C8H13Br/c1-3-5-7-8(9)6-4-2/h3,5-6H,4,7H2,1-2H3/b5-3-,8-6+. The summed E-state index contributed by atoms with van der Waals surface area (Å²) in [5.74, 6) is 0. The summed E-state index contributed by atoms with van der Waals surface area (Å²) in [4.78, 5) is 0. The molecule has 0 nitrogen and oxygen atoms in total. The van der Waals surface area contributed by atoms with E-state index in [4.69, 9.17) is 0 Å². The van der Waals surface area contributed by atoms with E-state index in [0.29, 0.717) is 0 Å². The van der Waals surface area contributed by atoms with Gasteiger partial charge in [-0.25, -0.2) is 0 Å². The van der Waals surface area contributed by atoms with Crippen molar-refractivity contribution >= 4 is 15.9 Å². The van der Waals surface area contributed by atoms with Crippen molar-refractivity contribution in [3.63, 3.8) is 0 Å². The van der Waals surface area contributed by atoms with Gasteiger partial charge in [-0.05, 0) is 24.2 Å². The summed E-state index contributed by atoms with van der Waals surface area (Å²) in [5, 5.41) is 0. The van der Waals surface area contributed by atoms with Crippen molar-refractivity contribution in [3.05, 3.63) is 22.7 Å². The maximum Gasteiger partial charge on any atom is -0.00343 e. The van der Waals surface area contributed by atoms with Gasteiger partial charge in [0.05, 0.1) is 0 Å². The fourth-order valence-corrected chi connectivity index (χ4v) is 1.05. The molecule has 0 spiro atoms. The summed E-state index contributed by atoms with van der Waals surface area (Å²) in [6.45, 7) is 4.17. The van der Waals surface area contributed by atoms with Crippen LogP contribution >= 0.6 is 15.9 Å². The minimum absolute atomic E-state index is 1.03. The van der Waals surface area contributed by atoms with Crippen LogP contribution in [0, 0.1) is 0 Å². The summed E-state index contributed by atoms with van der Waals surface area (Å²) in [7, 11) is 0. The second kappa shape index (κ2) is 6.09. The molecular formula is C8H13Br. The quantitative estimate of drug-likeness (QED) is 0.594. The van der Waals surface area contributed by atoms with Crippen LogP contribution in [0.2, 0.25) is 0 Å². The SMILES string of the molecule is C/C=C\C/C(Br)=C\CC.